The van der Waals surface area contributed by atoms with Crippen molar-refractivity contribution in [2.24, 2.45) is 0 Å². The van der Waals surface area contributed by atoms with Crippen LogP contribution in [0.2, 0.25) is 4.34 Å². The summed E-state index contributed by atoms with van der Waals surface area (Å²) in [6.45, 7) is 4.79. The van der Waals surface area contributed by atoms with E-state index in [1.54, 1.807) is 30.4 Å². The van der Waals surface area contributed by atoms with Gasteiger partial charge in [-0.1, -0.05) is 18.5 Å². The third kappa shape index (κ3) is 3.56. The second-order valence-electron chi connectivity index (χ2n) is 8.26. The van der Waals surface area contributed by atoms with Gasteiger partial charge >= 0.3 is 0 Å². The van der Waals surface area contributed by atoms with Crippen molar-refractivity contribution in [1.82, 2.24) is 19.5 Å². The molecule has 1 aliphatic carbocycles. The summed E-state index contributed by atoms with van der Waals surface area (Å²) in [5.74, 6) is -0.112. The summed E-state index contributed by atoms with van der Waals surface area (Å²) in [6.07, 6.45) is 1.64. The molecule has 0 saturated heterocycles. The molecule has 0 unspecified atom stereocenters. The van der Waals surface area contributed by atoms with Crippen molar-refractivity contribution in [2.45, 2.75) is 63.8 Å². The van der Waals surface area contributed by atoms with Gasteiger partial charge < -0.3 is 15.5 Å². The summed E-state index contributed by atoms with van der Waals surface area (Å²) in [7, 11) is 0. The summed E-state index contributed by atoms with van der Waals surface area (Å²) in [5.41, 5.74) is -1.46. The molecule has 8 nitrogen and oxygen atoms in total. The van der Waals surface area contributed by atoms with Crippen LogP contribution in [0.1, 0.15) is 45.9 Å². The SMILES string of the molecule is CCC1(O)CC(NC(=O)Cn2nc(C(C)(C)O)n3c(cc4sc(Cl)cc43)c2=O)C1. The smallest absolute Gasteiger partial charge is 0.291 e. The van der Waals surface area contributed by atoms with Crippen molar-refractivity contribution in [3.63, 3.8) is 0 Å². The van der Waals surface area contributed by atoms with E-state index in [2.05, 4.69) is 10.4 Å². The number of nitrogens with zero attached hydrogens (tertiary/aromatic N) is 3. The first kappa shape index (κ1) is 20.3. The van der Waals surface area contributed by atoms with Crippen LogP contribution in [0.15, 0.2) is 16.9 Å². The number of fused-ring (bicyclic) bond motifs is 3. The average Bonchev–Trinajstić information content (AvgIpc) is 3.11. The predicted octanol–water partition coefficient (Wildman–Crippen LogP) is 2.01. The summed E-state index contributed by atoms with van der Waals surface area (Å²) >= 11 is 7.43. The highest BCUT2D eigenvalue weighted by Crippen LogP contribution is 2.35. The molecule has 0 radical (unpaired) electrons. The minimum Gasteiger partial charge on any atom is -0.390 e. The fourth-order valence-electron chi connectivity index (χ4n) is 3.85. The summed E-state index contributed by atoms with van der Waals surface area (Å²) < 4.78 is 4.05. The highest BCUT2D eigenvalue weighted by Gasteiger charge is 2.41. The van der Waals surface area contributed by atoms with Gasteiger partial charge in [0.15, 0.2) is 5.82 Å². The molecule has 0 bridgehead atoms. The fraction of sp³-hybridized carbons (Fsp3) is 0.526. The number of thiophene rings is 1. The van der Waals surface area contributed by atoms with Crippen LogP contribution in [-0.2, 0) is 16.9 Å². The van der Waals surface area contributed by atoms with Gasteiger partial charge in [0.25, 0.3) is 5.56 Å². The quantitative estimate of drug-likeness (QED) is 0.564. The molecule has 0 aromatic carbocycles. The number of halogens is 1. The van der Waals surface area contributed by atoms with E-state index in [9.17, 15) is 19.8 Å². The first-order chi connectivity index (χ1) is 13.5. The standard InChI is InChI=1S/C19H23ClN4O4S/c1-4-19(28)7-10(8-19)21-15(25)9-23-16(26)12-5-13-11(6-14(20)29-13)24(12)17(22-23)18(2,3)27/h5-6,10,27-28H,4,7-9H2,1-3H3,(H,21,25). The van der Waals surface area contributed by atoms with E-state index in [-0.39, 0.29) is 24.3 Å². The molecule has 0 atom stereocenters. The Bertz CT molecular complexity index is 1170. The number of aromatic nitrogens is 3. The van der Waals surface area contributed by atoms with Crippen LogP contribution in [0.5, 0.6) is 0 Å². The van der Waals surface area contributed by atoms with Gasteiger partial charge in [-0.2, -0.15) is 5.10 Å². The molecular weight excluding hydrogens is 416 g/mol. The van der Waals surface area contributed by atoms with Crippen molar-refractivity contribution in [3.05, 3.63) is 32.6 Å². The topological polar surface area (TPSA) is 109 Å². The monoisotopic (exact) mass is 438 g/mol. The summed E-state index contributed by atoms with van der Waals surface area (Å²) in [4.78, 5) is 25.4. The second kappa shape index (κ2) is 6.80. The van der Waals surface area contributed by atoms with E-state index in [4.69, 9.17) is 11.6 Å². The van der Waals surface area contributed by atoms with E-state index >= 15 is 0 Å². The van der Waals surface area contributed by atoms with Gasteiger partial charge in [-0.15, -0.1) is 11.3 Å². The zero-order valence-corrected chi connectivity index (χ0v) is 18.0. The Morgan fingerprint density at radius 3 is 2.72 bits per heavy atom. The highest BCUT2D eigenvalue weighted by molar-refractivity contribution is 7.22. The van der Waals surface area contributed by atoms with E-state index in [0.717, 1.165) is 9.38 Å². The molecule has 3 aromatic rings. The Hall–Kier alpha value is -1.94. The predicted molar refractivity (Wildman–Crippen MR) is 111 cm³/mol. The maximum Gasteiger partial charge on any atom is 0.291 e. The van der Waals surface area contributed by atoms with Crippen LogP contribution in [0.3, 0.4) is 0 Å². The molecule has 1 fully saturated rings. The van der Waals surface area contributed by atoms with Crippen molar-refractivity contribution in [3.8, 4) is 0 Å². The Labute approximate surface area is 175 Å². The molecule has 1 amide bonds. The van der Waals surface area contributed by atoms with Crippen LogP contribution in [-0.4, -0.2) is 41.9 Å². The van der Waals surface area contributed by atoms with Gasteiger partial charge in [0.05, 0.1) is 20.2 Å². The van der Waals surface area contributed by atoms with E-state index in [1.165, 1.54) is 11.3 Å². The van der Waals surface area contributed by atoms with Crippen LogP contribution in [0.4, 0.5) is 0 Å². The lowest BCUT2D eigenvalue weighted by molar-refractivity contribution is -0.126. The maximum atomic E-state index is 13.0. The van der Waals surface area contributed by atoms with Gasteiger partial charge in [-0.05, 0) is 45.2 Å². The number of aliphatic hydroxyl groups is 2. The molecule has 0 spiro atoms. The average molecular weight is 439 g/mol. The second-order valence-corrected chi connectivity index (χ2v) is 9.98. The first-order valence-corrected chi connectivity index (χ1v) is 10.7. The molecule has 4 rings (SSSR count). The highest BCUT2D eigenvalue weighted by atomic mass is 35.5. The summed E-state index contributed by atoms with van der Waals surface area (Å²) in [6, 6.07) is 3.32. The Balaban J connectivity index is 1.69. The number of hydrogen-bond donors (Lipinski definition) is 3. The number of amides is 1. The van der Waals surface area contributed by atoms with Crippen molar-refractivity contribution in [2.75, 3.05) is 0 Å². The molecule has 1 saturated carbocycles. The lowest BCUT2D eigenvalue weighted by Gasteiger charge is -2.43. The number of rotatable bonds is 5. The molecule has 3 N–H and O–H groups in total. The van der Waals surface area contributed by atoms with Crippen LogP contribution < -0.4 is 10.9 Å². The van der Waals surface area contributed by atoms with Crippen molar-refractivity contribution < 1.29 is 15.0 Å². The Morgan fingerprint density at radius 2 is 2.10 bits per heavy atom. The van der Waals surface area contributed by atoms with E-state index in [1.807, 2.05) is 6.92 Å². The van der Waals surface area contributed by atoms with Crippen molar-refractivity contribution in [1.29, 1.82) is 0 Å². The van der Waals surface area contributed by atoms with Gasteiger partial charge in [0.2, 0.25) is 5.91 Å². The zero-order valence-electron chi connectivity index (χ0n) is 16.4. The largest absolute Gasteiger partial charge is 0.390 e. The molecule has 29 heavy (non-hydrogen) atoms. The third-order valence-corrected chi connectivity index (χ3v) is 6.66. The molecule has 0 aliphatic heterocycles. The minimum atomic E-state index is -1.35. The maximum absolute atomic E-state index is 13.0. The molecular formula is C19H23ClN4O4S. The molecule has 156 valence electrons. The van der Waals surface area contributed by atoms with Gasteiger partial charge in [-0.25, -0.2) is 4.68 Å². The number of hydrogen-bond acceptors (Lipinski definition) is 6. The van der Waals surface area contributed by atoms with Gasteiger partial charge in [-0.3, -0.25) is 14.0 Å². The summed E-state index contributed by atoms with van der Waals surface area (Å²) in [5, 5.41) is 27.9. The van der Waals surface area contributed by atoms with Gasteiger partial charge in [0.1, 0.15) is 17.7 Å². The molecule has 3 heterocycles. The van der Waals surface area contributed by atoms with Gasteiger partial charge in [0, 0.05) is 6.04 Å². The minimum absolute atomic E-state index is 0.110. The Kier molecular flexibility index (Phi) is 4.77. The third-order valence-electron chi connectivity index (χ3n) is 5.46. The molecule has 3 aromatic heterocycles. The van der Waals surface area contributed by atoms with Crippen molar-refractivity contribution >= 4 is 44.6 Å². The fourth-order valence-corrected chi connectivity index (χ4v) is 5.00. The normalized spacial score (nSPS) is 22.2. The van der Waals surface area contributed by atoms with Crippen LogP contribution in [0.25, 0.3) is 15.7 Å². The lowest BCUT2D eigenvalue weighted by Crippen LogP contribution is -2.55. The number of nitrogens with one attached hydrogen (secondary N) is 1. The zero-order chi connectivity index (χ0) is 21.1. The molecule has 10 heteroatoms. The van der Waals surface area contributed by atoms with Crippen LogP contribution in [0, 0.1) is 0 Å². The van der Waals surface area contributed by atoms with Crippen LogP contribution >= 0.6 is 22.9 Å². The Morgan fingerprint density at radius 1 is 1.41 bits per heavy atom. The lowest BCUT2D eigenvalue weighted by atomic mass is 9.74. The number of carbonyl (C=O) groups excluding carboxylic acids is 1. The number of carbonyl (C=O) groups is 1. The van der Waals surface area contributed by atoms with E-state index in [0.29, 0.717) is 34.6 Å². The van der Waals surface area contributed by atoms with E-state index < -0.39 is 16.8 Å². The first-order valence-electron chi connectivity index (χ1n) is 9.47. The molecule has 1 aliphatic rings.